The van der Waals surface area contributed by atoms with E-state index in [1.807, 2.05) is 0 Å². The molecule has 1 aromatic heterocycles. The van der Waals surface area contributed by atoms with Gasteiger partial charge >= 0.3 is 0 Å². The fourth-order valence-corrected chi connectivity index (χ4v) is 2.03. The molecule has 0 atom stereocenters. The van der Waals surface area contributed by atoms with Crippen molar-refractivity contribution in [3.63, 3.8) is 0 Å². The first-order chi connectivity index (χ1) is 9.11. The highest BCUT2D eigenvalue weighted by atomic mass is 15.0. The van der Waals surface area contributed by atoms with Gasteiger partial charge in [-0.3, -0.25) is 0 Å². The van der Waals surface area contributed by atoms with E-state index < -0.39 is 0 Å². The van der Waals surface area contributed by atoms with E-state index >= 15 is 0 Å². The summed E-state index contributed by atoms with van der Waals surface area (Å²) in [5.41, 5.74) is 10.4. The molecule has 4 heteroatoms. The van der Waals surface area contributed by atoms with Crippen molar-refractivity contribution in [2.45, 2.75) is 33.6 Å². The van der Waals surface area contributed by atoms with Crippen LogP contribution in [-0.2, 0) is 6.42 Å². The fraction of sp³-hybridized carbons (Fsp3) is 0.333. The number of anilines is 3. The Labute approximate surface area is 114 Å². The molecule has 0 saturated heterocycles. The quantitative estimate of drug-likeness (QED) is 0.880. The minimum atomic E-state index is 0.560. The molecule has 100 valence electrons. The number of nitrogens with two attached hydrogens (primary N) is 1. The van der Waals surface area contributed by atoms with Crippen LogP contribution in [0.4, 0.5) is 17.3 Å². The van der Waals surface area contributed by atoms with Gasteiger partial charge in [0, 0.05) is 11.3 Å². The van der Waals surface area contributed by atoms with Crippen LogP contribution in [0.2, 0.25) is 0 Å². The molecule has 0 fully saturated rings. The molecule has 0 spiro atoms. The fourth-order valence-electron chi connectivity index (χ4n) is 2.03. The van der Waals surface area contributed by atoms with Crippen LogP contribution < -0.4 is 11.1 Å². The van der Waals surface area contributed by atoms with Crippen LogP contribution in [0.25, 0.3) is 0 Å². The molecule has 0 aliphatic rings. The van der Waals surface area contributed by atoms with E-state index in [0.29, 0.717) is 5.82 Å². The van der Waals surface area contributed by atoms with Crippen LogP contribution in [0.15, 0.2) is 24.5 Å². The molecule has 3 N–H and O–H groups in total. The molecule has 2 rings (SSSR count). The smallest absolute Gasteiger partial charge is 0.139 e. The highest BCUT2D eigenvalue weighted by Gasteiger charge is 2.09. The number of aromatic nitrogens is 2. The van der Waals surface area contributed by atoms with E-state index in [-0.39, 0.29) is 0 Å². The molecule has 0 aliphatic carbocycles. The van der Waals surface area contributed by atoms with Crippen molar-refractivity contribution in [1.29, 1.82) is 0 Å². The van der Waals surface area contributed by atoms with Crippen molar-refractivity contribution < 1.29 is 0 Å². The third-order valence-corrected chi connectivity index (χ3v) is 3.12. The summed E-state index contributed by atoms with van der Waals surface area (Å²) in [6.07, 6.45) is 3.39. The average Bonchev–Trinajstić information content (AvgIpc) is 2.38. The zero-order valence-corrected chi connectivity index (χ0v) is 11.7. The third kappa shape index (κ3) is 3.02. The van der Waals surface area contributed by atoms with E-state index in [1.165, 1.54) is 17.5 Å². The second-order valence-corrected chi connectivity index (χ2v) is 4.78. The van der Waals surface area contributed by atoms with Crippen molar-refractivity contribution in [2.24, 2.45) is 0 Å². The van der Waals surface area contributed by atoms with Crippen molar-refractivity contribution in [3.8, 4) is 0 Å². The maximum atomic E-state index is 5.94. The minimum absolute atomic E-state index is 0.560. The Kier molecular flexibility index (Phi) is 4.00. The monoisotopic (exact) mass is 256 g/mol. The first kappa shape index (κ1) is 13.3. The minimum Gasteiger partial charge on any atom is -0.383 e. The number of aryl methyl sites for hydroxylation is 2. The molecule has 0 saturated carbocycles. The van der Waals surface area contributed by atoms with Gasteiger partial charge < -0.3 is 11.1 Å². The van der Waals surface area contributed by atoms with Gasteiger partial charge in [0.15, 0.2) is 0 Å². The molecule has 1 aromatic carbocycles. The van der Waals surface area contributed by atoms with Gasteiger partial charge in [-0.2, -0.15) is 0 Å². The summed E-state index contributed by atoms with van der Waals surface area (Å²) in [6, 6.07) is 6.31. The lowest BCUT2D eigenvalue weighted by molar-refractivity contribution is 0.908. The Bertz CT molecular complexity index is 578. The van der Waals surface area contributed by atoms with Gasteiger partial charge in [-0.25, -0.2) is 9.97 Å². The molecular weight excluding hydrogens is 236 g/mol. The largest absolute Gasteiger partial charge is 0.383 e. The number of hydrogen-bond acceptors (Lipinski definition) is 4. The van der Waals surface area contributed by atoms with Crippen molar-refractivity contribution in [1.82, 2.24) is 9.97 Å². The van der Waals surface area contributed by atoms with Gasteiger partial charge in [0.2, 0.25) is 0 Å². The number of rotatable bonds is 4. The molecule has 2 aromatic rings. The van der Waals surface area contributed by atoms with Crippen molar-refractivity contribution in [2.75, 3.05) is 11.1 Å². The summed E-state index contributed by atoms with van der Waals surface area (Å²) in [5.74, 6) is 1.37. The summed E-state index contributed by atoms with van der Waals surface area (Å²) in [5, 5.41) is 3.38. The van der Waals surface area contributed by atoms with Crippen LogP contribution >= 0.6 is 0 Å². The highest BCUT2D eigenvalue weighted by molar-refractivity contribution is 5.66. The van der Waals surface area contributed by atoms with Gasteiger partial charge in [-0.15, -0.1) is 0 Å². The van der Waals surface area contributed by atoms with Crippen LogP contribution in [0.1, 0.15) is 30.0 Å². The molecule has 0 amide bonds. The second-order valence-electron chi connectivity index (χ2n) is 4.78. The first-order valence-corrected chi connectivity index (χ1v) is 6.55. The predicted octanol–water partition coefficient (Wildman–Crippen LogP) is 3.37. The SMILES string of the molecule is CCCc1c(N)ncnc1Nc1cc(C)ccc1C. The summed E-state index contributed by atoms with van der Waals surface area (Å²) in [4.78, 5) is 8.39. The Morgan fingerprint density at radius 3 is 2.74 bits per heavy atom. The summed E-state index contributed by atoms with van der Waals surface area (Å²) >= 11 is 0. The molecule has 4 nitrogen and oxygen atoms in total. The maximum absolute atomic E-state index is 5.94. The van der Waals surface area contributed by atoms with E-state index in [4.69, 9.17) is 5.73 Å². The van der Waals surface area contributed by atoms with Gasteiger partial charge in [0.1, 0.15) is 18.0 Å². The molecule has 0 aliphatic heterocycles. The summed E-state index contributed by atoms with van der Waals surface area (Å²) < 4.78 is 0. The Morgan fingerprint density at radius 1 is 1.21 bits per heavy atom. The molecule has 19 heavy (non-hydrogen) atoms. The lowest BCUT2D eigenvalue weighted by Gasteiger charge is -2.14. The van der Waals surface area contributed by atoms with Crippen LogP contribution in [-0.4, -0.2) is 9.97 Å². The van der Waals surface area contributed by atoms with E-state index in [2.05, 4.69) is 54.3 Å². The molecule has 0 bridgehead atoms. The summed E-state index contributed by atoms with van der Waals surface area (Å²) in [6.45, 7) is 6.27. The number of nitrogens with zero attached hydrogens (tertiary/aromatic N) is 2. The Hall–Kier alpha value is -2.10. The zero-order valence-electron chi connectivity index (χ0n) is 11.7. The topological polar surface area (TPSA) is 63.8 Å². The van der Waals surface area contributed by atoms with Crippen LogP contribution in [0.5, 0.6) is 0 Å². The number of benzene rings is 1. The average molecular weight is 256 g/mol. The maximum Gasteiger partial charge on any atom is 0.139 e. The standard InChI is InChI=1S/C15H20N4/c1-4-5-12-14(16)17-9-18-15(12)19-13-8-10(2)6-7-11(13)3/h6-9H,4-5H2,1-3H3,(H3,16,17,18,19). The lowest BCUT2D eigenvalue weighted by Crippen LogP contribution is -2.06. The van der Waals surface area contributed by atoms with Crippen LogP contribution in [0.3, 0.4) is 0 Å². The molecular formula is C15H20N4. The predicted molar refractivity (Wildman–Crippen MR) is 79.6 cm³/mol. The third-order valence-electron chi connectivity index (χ3n) is 3.12. The van der Waals surface area contributed by atoms with E-state index in [0.717, 1.165) is 29.9 Å². The Morgan fingerprint density at radius 2 is 2.00 bits per heavy atom. The first-order valence-electron chi connectivity index (χ1n) is 6.55. The molecule has 1 heterocycles. The van der Waals surface area contributed by atoms with Crippen molar-refractivity contribution >= 4 is 17.3 Å². The van der Waals surface area contributed by atoms with E-state index in [1.54, 1.807) is 0 Å². The normalized spacial score (nSPS) is 10.5. The zero-order chi connectivity index (χ0) is 13.8. The highest BCUT2D eigenvalue weighted by Crippen LogP contribution is 2.25. The van der Waals surface area contributed by atoms with Gasteiger partial charge in [-0.05, 0) is 37.5 Å². The lowest BCUT2D eigenvalue weighted by atomic mass is 10.1. The summed E-state index contributed by atoms with van der Waals surface area (Å²) in [7, 11) is 0. The molecule has 0 radical (unpaired) electrons. The second kappa shape index (κ2) is 5.69. The van der Waals surface area contributed by atoms with Gasteiger partial charge in [-0.1, -0.05) is 25.5 Å². The molecule has 0 unspecified atom stereocenters. The Balaban J connectivity index is 2.37. The van der Waals surface area contributed by atoms with Gasteiger partial charge in [0.05, 0.1) is 0 Å². The van der Waals surface area contributed by atoms with E-state index in [9.17, 15) is 0 Å². The number of nitrogens with one attached hydrogen (secondary N) is 1. The number of nitrogen functional groups attached to an aromatic ring is 1. The van der Waals surface area contributed by atoms with Crippen molar-refractivity contribution in [3.05, 3.63) is 41.2 Å². The number of hydrogen-bond donors (Lipinski definition) is 2. The van der Waals surface area contributed by atoms with Gasteiger partial charge in [0.25, 0.3) is 0 Å². The van der Waals surface area contributed by atoms with Crippen LogP contribution in [0, 0.1) is 13.8 Å².